The van der Waals surface area contributed by atoms with Crippen molar-refractivity contribution in [2.45, 2.75) is 6.10 Å². The van der Waals surface area contributed by atoms with Crippen molar-refractivity contribution in [3.63, 3.8) is 0 Å². The predicted molar refractivity (Wildman–Crippen MR) is 74.0 cm³/mol. The molecule has 0 amide bonds. The third-order valence-electron chi connectivity index (χ3n) is 2.54. The molecular weight excluding hydrogens is 264 g/mol. The van der Waals surface area contributed by atoms with E-state index in [0.717, 1.165) is 0 Å². The van der Waals surface area contributed by atoms with Crippen molar-refractivity contribution in [3.05, 3.63) is 12.7 Å². The van der Waals surface area contributed by atoms with Gasteiger partial charge in [-0.25, -0.2) is 0 Å². The normalized spacial score (nSPS) is 24.5. The maximum Gasteiger partial charge on any atom is 0.104 e. The first-order chi connectivity index (χ1) is 9.93. The molecule has 1 fully saturated rings. The fourth-order valence-electron chi connectivity index (χ4n) is 1.58. The number of ether oxygens (including phenoxy) is 6. The Balaban J connectivity index is 2.22. The van der Waals surface area contributed by atoms with E-state index in [1.807, 2.05) is 0 Å². The smallest absolute Gasteiger partial charge is 0.104 e. The van der Waals surface area contributed by atoms with Crippen LogP contribution in [0.15, 0.2) is 12.7 Å². The van der Waals surface area contributed by atoms with Gasteiger partial charge in [-0.3, -0.25) is 0 Å². The summed E-state index contributed by atoms with van der Waals surface area (Å²) in [6.45, 7) is 9.53. The molecule has 0 aromatic rings. The number of rotatable bonds is 4. The molecule has 1 rings (SSSR count). The van der Waals surface area contributed by atoms with Gasteiger partial charge in [0.25, 0.3) is 0 Å². The van der Waals surface area contributed by atoms with Gasteiger partial charge < -0.3 is 28.4 Å². The van der Waals surface area contributed by atoms with Crippen LogP contribution in [0.2, 0.25) is 0 Å². The zero-order chi connectivity index (χ0) is 14.3. The molecule has 0 aliphatic carbocycles. The van der Waals surface area contributed by atoms with Gasteiger partial charge in [-0.15, -0.1) is 6.58 Å². The molecule has 1 aliphatic heterocycles. The highest BCUT2D eigenvalue weighted by Gasteiger charge is 2.10. The summed E-state index contributed by atoms with van der Waals surface area (Å²) < 4.78 is 32.7. The third-order valence-corrected chi connectivity index (χ3v) is 2.54. The fourth-order valence-corrected chi connectivity index (χ4v) is 1.58. The van der Waals surface area contributed by atoms with E-state index in [-0.39, 0.29) is 6.10 Å². The van der Waals surface area contributed by atoms with E-state index in [2.05, 4.69) is 6.58 Å². The van der Waals surface area contributed by atoms with Crippen LogP contribution in [0.5, 0.6) is 0 Å². The molecule has 1 heterocycles. The van der Waals surface area contributed by atoms with Gasteiger partial charge in [-0.05, 0) is 0 Å². The molecule has 0 bridgehead atoms. The van der Waals surface area contributed by atoms with E-state index in [9.17, 15) is 0 Å². The molecule has 0 aromatic carbocycles. The van der Waals surface area contributed by atoms with Crippen LogP contribution in [0.1, 0.15) is 0 Å². The minimum Gasteiger partial charge on any atom is -0.377 e. The van der Waals surface area contributed by atoms with Gasteiger partial charge in [0.15, 0.2) is 0 Å². The summed E-state index contributed by atoms with van der Waals surface area (Å²) in [4.78, 5) is 0. The molecule has 0 radical (unpaired) electrons. The van der Waals surface area contributed by atoms with Crippen molar-refractivity contribution in [2.75, 3.05) is 72.7 Å². The molecule has 0 aromatic heterocycles. The first kappa shape index (κ1) is 17.6. The molecule has 1 unspecified atom stereocenters. The summed E-state index contributed by atoms with van der Waals surface area (Å²) in [5, 5.41) is 0. The topological polar surface area (TPSA) is 55.4 Å². The van der Waals surface area contributed by atoms with Crippen molar-refractivity contribution in [3.8, 4) is 0 Å². The Morgan fingerprint density at radius 3 is 2.00 bits per heavy atom. The predicted octanol–water partition coefficient (Wildman–Crippen LogP) is 0.654. The molecule has 6 heteroatoms. The van der Waals surface area contributed by atoms with Crippen LogP contribution in [-0.4, -0.2) is 78.8 Å². The van der Waals surface area contributed by atoms with Gasteiger partial charge in [0, 0.05) is 0 Å². The molecular formula is C14H26O6. The summed E-state index contributed by atoms with van der Waals surface area (Å²) in [5.41, 5.74) is 0. The highest BCUT2D eigenvalue weighted by molar-refractivity contribution is 4.65. The van der Waals surface area contributed by atoms with E-state index in [1.54, 1.807) is 6.08 Å². The standard InChI is InChI=1S/C14H26O6/c1-2-3-18-12-14-13-19-9-8-16-5-4-15-6-7-17-10-11-20-14/h2,14H,1,3-13H2. The Bertz CT molecular complexity index is 208. The Labute approximate surface area is 120 Å². The maximum absolute atomic E-state index is 5.67. The van der Waals surface area contributed by atoms with Gasteiger partial charge >= 0.3 is 0 Å². The van der Waals surface area contributed by atoms with Gasteiger partial charge in [-0.1, -0.05) is 6.08 Å². The lowest BCUT2D eigenvalue weighted by Crippen LogP contribution is -2.28. The number of hydrogen-bond donors (Lipinski definition) is 0. The minimum atomic E-state index is -0.0973. The monoisotopic (exact) mass is 290 g/mol. The van der Waals surface area contributed by atoms with Crippen molar-refractivity contribution < 1.29 is 28.4 Å². The Hall–Kier alpha value is -0.500. The molecule has 20 heavy (non-hydrogen) atoms. The second-order valence-corrected chi connectivity index (χ2v) is 4.23. The zero-order valence-corrected chi connectivity index (χ0v) is 12.1. The van der Waals surface area contributed by atoms with E-state index in [4.69, 9.17) is 28.4 Å². The quantitative estimate of drug-likeness (QED) is 0.560. The van der Waals surface area contributed by atoms with E-state index >= 15 is 0 Å². The molecule has 118 valence electrons. The van der Waals surface area contributed by atoms with Crippen LogP contribution in [0.25, 0.3) is 0 Å². The van der Waals surface area contributed by atoms with E-state index < -0.39 is 0 Å². The lowest BCUT2D eigenvalue weighted by molar-refractivity contribution is -0.0746. The highest BCUT2D eigenvalue weighted by atomic mass is 16.6. The van der Waals surface area contributed by atoms with Crippen molar-refractivity contribution in [1.82, 2.24) is 0 Å². The minimum absolute atomic E-state index is 0.0973. The largest absolute Gasteiger partial charge is 0.377 e. The lowest BCUT2D eigenvalue weighted by atomic mass is 10.4. The summed E-state index contributed by atoms with van der Waals surface area (Å²) in [7, 11) is 0. The van der Waals surface area contributed by atoms with Gasteiger partial charge in [0.2, 0.25) is 0 Å². The van der Waals surface area contributed by atoms with Crippen LogP contribution >= 0.6 is 0 Å². The van der Waals surface area contributed by atoms with E-state index in [0.29, 0.717) is 72.7 Å². The van der Waals surface area contributed by atoms with Crippen LogP contribution < -0.4 is 0 Å². The Morgan fingerprint density at radius 2 is 1.40 bits per heavy atom. The Morgan fingerprint density at radius 1 is 0.850 bits per heavy atom. The molecule has 1 atom stereocenters. The van der Waals surface area contributed by atoms with Crippen molar-refractivity contribution >= 4 is 0 Å². The summed E-state index contributed by atoms with van der Waals surface area (Å²) in [6.07, 6.45) is 1.62. The summed E-state index contributed by atoms with van der Waals surface area (Å²) >= 11 is 0. The molecule has 1 saturated heterocycles. The molecule has 6 nitrogen and oxygen atoms in total. The Kier molecular flexibility index (Phi) is 11.8. The van der Waals surface area contributed by atoms with Crippen LogP contribution in [0.3, 0.4) is 0 Å². The molecule has 0 spiro atoms. The van der Waals surface area contributed by atoms with E-state index in [1.165, 1.54) is 0 Å². The second kappa shape index (κ2) is 13.5. The van der Waals surface area contributed by atoms with Crippen LogP contribution in [0.4, 0.5) is 0 Å². The van der Waals surface area contributed by atoms with Gasteiger partial charge in [0.1, 0.15) is 6.10 Å². The average molecular weight is 290 g/mol. The average Bonchev–Trinajstić information content (AvgIpc) is 2.47. The molecule has 0 saturated carbocycles. The van der Waals surface area contributed by atoms with Gasteiger partial charge in [-0.2, -0.15) is 0 Å². The van der Waals surface area contributed by atoms with Crippen molar-refractivity contribution in [1.29, 1.82) is 0 Å². The zero-order valence-electron chi connectivity index (χ0n) is 12.1. The first-order valence-electron chi connectivity index (χ1n) is 7.04. The highest BCUT2D eigenvalue weighted by Crippen LogP contribution is 1.97. The molecule has 0 N–H and O–H groups in total. The lowest BCUT2D eigenvalue weighted by Gasteiger charge is -2.18. The van der Waals surface area contributed by atoms with Gasteiger partial charge in [0.05, 0.1) is 72.7 Å². The maximum atomic E-state index is 5.67. The second-order valence-electron chi connectivity index (χ2n) is 4.23. The van der Waals surface area contributed by atoms with Crippen LogP contribution in [-0.2, 0) is 28.4 Å². The SMILES string of the molecule is C=CCOCC1COCCOCCOCCOCCO1. The summed E-state index contributed by atoms with van der Waals surface area (Å²) in [5.74, 6) is 0. The third kappa shape index (κ3) is 10.3. The molecule has 1 aliphatic rings. The first-order valence-corrected chi connectivity index (χ1v) is 7.04. The van der Waals surface area contributed by atoms with Crippen LogP contribution in [0, 0.1) is 0 Å². The summed E-state index contributed by atoms with van der Waals surface area (Å²) in [6, 6.07) is 0. The number of hydrogen-bond acceptors (Lipinski definition) is 6. The van der Waals surface area contributed by atoms with Crippen molar-refractivity contribution in [2.24, 2.45) is 0 Å². The fraction of sp³-hybridized carbons (Fsp3) is 0.857.